The minimum atomic E-state index is 0.199. The van der Waals surface area contributed by atoms with Crippen molar-refractivity contribution in [1.29, 1.82) is 0 Å². The summed E-state index contributed by atoms with van der Waals surface area (Å²) in [6.07, 6.45) is 0.576. The first-order chi connectivity index (χ1) is 8.65. The monoisotopic (exact) mass is 330 g/mol. The molecule has 0 aliphatic rings. The van der Waals surface area contributed by atoms with Crippen LogP contribution >= 0.6 is 27.7 Å². The molecule has 0 bridgehead atoms. The number of nitrogens with zero attached hydrogens (tertiary/aromatic N) is 1. The second kappa shape index (κ2) is 8.56. The Bertz CT molecular complexity index is 387. The van der Waals surface area contributed by atoms with Gasteiger partial charge in [-0.3, -0.25) is 4.79 Å². The number of amides is 1. The lowest BCUT2D eigenvalue weighted by Gasteiger charge is -2.16. The van der Waals surface area contributed by atoms with Gasteiger partial charge in [-0.25, -0.2) is 0 Å². The summed E-state index contributed by atoms with van der Waals surface area (Å²) in [5, 5.41) is 3.04. The second-order valence-corrected chi connectivity index (χ2v) is 5.94. The molecule has 18 heavy (non-hydrogen) atoms. The lowest BCUT2D eigenvalue weighted by atomic mass is 10.4. The van der Waals surface area contributed by atoms with Crippen LogP contribution in [0.4, 0.5) is 0 Å². The van der Waals surface area contributed by atoms with Crippen molar-refractivity contribution in [3.63, 3.8) is 0 Å². The number of rotatable bonds is 7. The summed E-state index contributed by atoms with van der Waals surface area (Å²) in [4.78, 5) is 14.8. The minimum absolute atomic E-state index is 0.199. The summed E-state index contributed by atoms with van der Waals surface area (Å²) in [5.41, 5.74) is 0. The summed E-state index contributed by atoms with van der Waals surface area (Å²) in [6, 6.07) is 8.08. The molecule has 1 rings (SSSR count). The van der Waals surface area contributed by atoms with Gasteiger partial charge in [0.15, 0.2) is 0 Å². The van der Waals surface area contributed by atoms with Crippen LogP contribution in [0.2, 0.25) is 0 Å². The summed E-state index contributed by atoms with van der Waals surface area (Å²) in [7, 11) is 3.74. The second-order valence-electron chi connectivity index (χ2n) is 3.95. The molecule has 1 N–H and O–H groups in total. The fourth-order valence-electron chi connectivity index (χ4n) is 1.41. The van der Waals surface area contributed by atoms with Crippen LogP contribution in [-0.2, 0) is 4.79 Å². The van der Waals surface area contributed by atoms with Crippen LogP contribution in [0.3, 0.4) is 0 Å². The van der Waals surface area contributed by atoms with Crippen LogP contribution in [0.1, 0.15) is 6.42 Å². The van der Waals surface area contributed by atoms with Gasteiger partial charge in [-0.1, -0.05) is 12.1 Å². The van der Waals surface area contributed by atoms with Gasteiger partial charge in [0.2, 0.25) is 5.91 Å². The van der Waals surface area contributed by atoms with Crippen molar-refractivity contribution in [2.75, 3.05) is 32.9 Å². The first kappa shape index (κ1) is 15.5. The van der Waals surface area contributed by atoms with Gasteiger partial charge in [-0.05, 0) is 35.1 Å². The van der Waals surface area contributed by atoms with Gasteiger partial charge in [0.25, 0.3) is 0 Å². The Balaban J connectivity index is 2.29. The number of thioether (sulfide) groups is 1. The Labute approximate surface area is 121 Å². The predicted molar refractivity (Wildman–Crippen MR) is 81.0 cm³/mol. The Morgan fingerprint density at radius 3 is 2.83 bits per heavy atom. The quantitative estimate of drug-likeness (QED) is 0.780. The molecule has 1 aromatic rings. The van der Waals surface area contributed by atoms with E-state index in [9.17, 15) is 4.79 Å². The fraction of sp³-hybridized carbons (Fsp3) is 0.462. The zero-order valence-electron chi connectivity index (χ0n) is 10.8. The van der Waals surface area contributed by atoms with E-state index >= 15 is 0 Å². The smallest absolute Gasteiger partial charge is 0.223 e. The van der Waals surface area contributed by atoms with Gasteiger partial charge in [0, 0.05) is 41.7 Å². The summed E-state index contributed by atoms with van der Waals surface area (Å²) >= 11 is 5.21. The van der Waals surface area contributed by atoms with Gasteiger partial charge >= 0.3 is 0 Å². The highest BCUT2D eigenvalue weighted by Gasteiger charge is 2.08. The third-order valence-corrected chi connectivity index (χ3v) is 4.56. The molecular formula is C13H19BrN2OS. The average molecular weight is 331 g/mol. The highest BCUT2D eigenvalue weighted by Crippen LogP contribution is 2.27. The molecular weight excluding hydrogens is 312 g/mol. The van der Waals surface area contributed by atoms with E-state index in [1.165, 1.54) is 4.90 Å². The maximum Gasteiger partial charge on any atom is 0.223 e. The Kier molecular flexibility index (Phi) is 7.39. The minimum Gasteiger partial charge on any atom is -0.344 e. The maximum absolute atomic E-state index is 11.8. The van der Waals surface area contributed by atoms with E-state index in [4.69, 9.17) is 0 Å². The largest absolute Gasteiger partial charge is 0.344 e. The number of carbonyl (C=O) groups excluding carboxylic acids is 1. The molecule has 0 aromatic heterocycles. The van der Waals surface area contributed by atoms with E-state index < -0.39 is 0 Å². The topological polar surface area (TPSA) is 32.3 Å². The number of likely N-dealkylation sites (N-methyl/N-ethyl adjacent to an activating group) is 2. The highest BCUT2D eigenvalue weighted by molar-refractivity contribution is 9.10. The van der Waals surface area contributed by atoms with Gasteiger partial charge in [0.05, 0.1) is 0 Å². The molecule has 0 unspecified atom stereocenters. The molecule has 3 nitrogen and oxygen atoms in total. The Hall–Kier alpha value is -0.520. The molecule has 0 saturated carbocycles. The molecule has 0 saturated heterocycles. The Morgan fingerprint density at radius 1 is 1.44 bits per heavy atom. The number of nitrogens with one attached hydrogen (secondary N) is 1. The molecule has 1 amide bonds. The predicted octanol–water partition coefficient (Wildman–Crippen LogP) is 2.61. The highest BCUT2D eigenvalue weighted by atomic mass is 79.9. The van der Waals surface area contributed by atoms with E-state index in [0.717, 1.165) is 23.3 Å². The molecule has 0 heterocycles. The summed E-state index contributed by atoms with van der Waals surface area (Å²) in [6.45, 7) is 1.59. The van der Waals surface area contributed by atoms with Crippen LogP contribution in [0, 0.1) is 0 Å². The van der Waals surface area contributed by atoms with E-state index in [1.54, 1.807) is 16.7 Å². The van der Waals surface area contributed by atoms with Crippen molar-refractivity contribution in [2.24, 2.45) is 0 Å². The van der Waals surface area contributed by atoms with Crippen LogP contribution < -0.4 is 5.32 Å². The van der Waals surface area contributed by atoms with Gasteiger partial charge in [-0.2, -0.15) is 0 Å². The number of benzene rings is 1. The molecule has 0 fully saturated rings. The number of halogens is 1. The standard InChI is InChI=1S/C13H19BrN2OS/c1-15-8-9-16(2)13(17)7-10-18-12-6-4-3-5-11(12)14/h3-6,15H,7-10H2,1-2H3. The SMILES string of the molecule is CNCCN(C)C(=O)CCSc1ccccc1Br. The molecule has 0 aliphatic carbocycles. The van der Waals surface area contributed by atoms with E-state index in [2.05, 4.69) is 27.3 Å². The van der Waals surface area contributed by atoms with Crippen molar-refractivity contribution >= 4 is 33.6 Å². The molecule has 0 spiro atoms. The van der Waals surface area contributed by atoms with Crippen LogP contribution in [0.5, 0.6) is 0 Å². The maximum atomic E-state index is 11.8. The van der Waals surface area contributed by atoms with Crippen LogP contribution in [-0.4, -0.2) is 43.7 Å². The van der Waals surface area contributed by atoms with E-state index in [1.807, 2.05) is 32.3 Å². The van der Waals surface area contributed by atoms with Crippen molar-refractivity contribution in [1.82, 2.24) is 10.2 Å². The third kappa shape index (κ3) is 5.42. The van der Waals surface area contributed by atoms with E-state index in [-0.39, 0.29) is 5.91 Å². The normalized spacial score (nSPS) is 10.4. The molecule has 100 valence electrons. The number of carbonyl (C=O) groups is 1. The van der Waals surface area contributed by atoms with Crippen LogP contribution in [0.15, 0.2) is 33.6 Å². The third-order valence-electron chi connectivity index (χ3n) is 2.53. The molecule has 5 heteroatoms. The first-order valence-corrected chi connectivity index (χ1v) is 7.69. The van der Waals surface area contributed by atoms with Crippen molar-refractivity contribution in [3.05, 3.63) is 28.7 Å². The first-order valence-electron chi connectivity index (χ1n) is 5.91. The van der Waals surface area contributed by atoms with E-state index in [0.29, 0.717) is 6.42 Å². The molecule has 1 aromatic carbocycles. The van der Waals surface area contributed by atoms with Crippen LogP contribution in [0.25, 0.3) is 0 Å². The lowest BCUT2D eigenvalue weighted by Crippen LogP contribution is -2.32. The number of hydrogen-bond donors (Lipinski definition) is 1. The lowest BCUT2D eigenvalue weighted by molar-refractivity contribution is -0.129. The van der Waals surface area contributed by atoms with Gasteiger partial charge in [0.1, 0.15) is 0 Å². The zero-order valence-corrected chi connectivity index (χ0v) is 13.2. The summed E-state index contributed by atoms with van der Waals surface area (Å²) < 4.78 is 1.09. The Morgan fingerprint density at radius 2 is 2.17 bits per heavy atom. The zero-order chi connectivity index (χ0) is 13.4. The fourth-order valence-corrected chi connectivity index (χ4v) is 2.91. The van der Waals surface area contributed by atoms with Gasteiger partial charge < -0.3 is 10.2 Å². The van der Waals surface area contributed by atoms with Crippen molar-refractivity contribution < 1.29 is 4.79 Å². The molecule has 0 radical (unpaired) electrons. The number of hydrogen-bond acceptors (Lipinski definition) is 3. The average Bonchev–Trinajstić information content (AvgIpc) is 2.38. The molecule has 0 atom stereocenters. The summed E-state index contributed by atoms with van der Waals surface area (Å²) in [5.74, 6) is 1.01. The van der Waals surface area contributed by atoms with Gasteiger partial charge in [-0.15, -0.1) is 11.8 Å². The van der Waals surface area contributed by atoms with Crippen molar-refractivity contribution in [2.45, 2.75) is 11.3 Å². The van der Waals surface area contributed by atoms with Crippen molar-refractivity contribution in [3.8, 4) is 0 Å². The molecule has 0 aliphatic heterocycles.